The van der Waals surface area contributed by atoms with E-state index in [0.29, 0.717) is 12.1 Å². The number of nitrogens with zero attached hydrogens (tertiary/aromatic N) is 2. The fraction of sp³-hybridized carbons (Fsp3) is 0.400. The van der Waals surface area contributed by atoms with Crippen LogP contribution in [0.15, 0.2) is 60.0 Å². The monoisotopic (exact) mass is 488 g/mol. The van der Waals surface area contributed by atoms with Gasteiger partial charge in [0.2, 0.25) is 5.91 Å². The Morgan fingerprint density at radius 1 is 1.03 bits per heavy atom. The Labute approximate surface area is 213 Å². The highest BCUT2D eigenvalue weighted by atomic mass is 32.1. The summed E-state index contributed by atoms with van der Waals surface area (Å²) in [7, 11) is 0. The molecule has 0 bridgehead atoms. The molecule has 0 saturated carbocycles. The Kier molecular flexibility index (Phi) is 7.18. The molecule has 1 aliphatic rings. The van der Waals surface area contributed by atoms with E-state index in [1.807, 2.05) is 43.0 Å². The summed E-state index contributed by atoms with van der Waals surface area (Å²) in [5.74, 6) is -0.116. The van der Waals surface area contributed by atoms with Gasteiger partial charge in [0.1, 0.15) is 6.54 Å². The Morgan fingerprint density at radius 2 is 1.69 bits per heavy atom. The minimum absolute atomic E-state index is 0.0132. The lowest BCUT2D eigenvalue weighted by molar-refractivity contribution is -0.134. The summed E-state index contributed by atoms with van der Waals surface area (Å²) in [4.78, 5) is 32.2. The van der Waals surface area contributed by atoms with Crippen LogP contribution in [-0.4, -0.2) is 40.7 Å². The number of carbonyl (C=O) groups excluding carboxylic acids is 2. The summed E-state index contributed by atoms with van der Waals surface area (Å²) in [5, 5.41) is 2.12. The molecule has 0 radical (unpaired) electrons. The van der Waals surface area contributed by atoms with Crippen molar-refractivity contribution in [1.29, 1.82) is 0 Å². The number of benzene rings is 2. The number of hydrogen-bond acceptors (Lipinski definition) is 3. The molecule has 0 saturated heterocycles. The lowest BCUT2D eigenvalue weighted by Crippen LogP contribution is -2.48. The molecule has 2 aromatic carbocycles. The first kappa shape index (κ1) is 25.2. The van der Waals surface area contributed by atoms with Crippen LogP contribution >= 0.6 is 11.3 Å². The average molecular weight is 489 g/mol. The number of amides is 2. The molecule has 1 aliphatic heterocycles. The van der Waals surface area contributed by atoms with Crippen molar-refractivity contribution in [2.75, 3.05) is 13.1 Å². The van der Waals surface area contributed by atoms with Gasteiger partial charge in [-0.15, -0.1) is 11.3 Å². The molecule has 35 heavy (non-hydrogen) atoms. The van der Waals surface area contributed by atoms with Crippen molar-refractivity contribution in [3.05, 3.63) is 92.7 Å². The van der Waals surface area contributed by atoms with Gasteiger partial charge in [0.15, 0.2) is 0 Å². The van der Waals surface area contributed by atoms with Crippen LogP contribution in [0.5, 0.6) is 0 Å². The van der Waals surface area contributed by atoms with Gasteiger partial charge < -0.3 is 9.80 Å². The van der Waals surface area contributed by atoms with E-state index >= 15 is 0 Å². The predicted octanol–water partition coefficient (Wildman–Crippen LogP) is 6.38. The van der Waals surface area contributed by atoms with Crippen molar-refractivity contribution in [3.8, 4) is 0 Å². The summed E-state index contributed by atoms with van der Waals surface area (Å²) in [6, 6.07) is 18.2. The molecule has 3 aromatic rings. The second-order valence-electron chi connectivity index (χ2n) is 10.8. The Morgan fingerprint density at radius 3 is 2.29 bits per heavy atom. The van der Waals surface area contributed by atoms with E-state index in [1.54, 1.807) is 16.2 Å². The number of carbonyl (C=O) groups is 2. The summed E-state index contributed by atoms with van der Waals surface area (Å²) >= 11 is 1.76. The number of aryl methyl sites for hydroxylation is 1. The van der Waals surface area contributed by atoms with Crippen molar-refractivity contribution < 1.29 is 9.59 Å². The van der Waals surface area contributed by atoms with Crippen molar-refractivity contribution in [1.82, 2.24) is 9.80 Å². The fourth-order valence-electron chi connectivity index (χ4n) is 4.70. The molecule has 0 aliphatic carbocycles. The van der Waals surface area contributed by atoms with E-state index in [4.69, 9.17) is 0 Å². The molecule has 2 amide bonds. The zero-order chi connectivity index (χ0) is 25.3. The fourth-order valence-corrected chi connectivity index (χ4v) is 5.60. The maximum absolute atomic E-state index is 13.8. The van der Waals surface area contributed by atoms with Crippen molar-refractivity contribution in [3.63, 3.8) is 0 Å². The molecule has 0 spiro atoms. The topological polar surface area (TPSA) is 40.6 Å². The Hall–Kier alpha value is -2.92. The lowest BCUT2D eigenvalue weighted by atomic mass is 9.86. The van der Waals surface area contributed by atoms with Crippen LogP contribution in [0.25, 0.3) is 0 Å². The smallest absolute Gasteiger partial charge is 0.254 e. The molecule has 4 rings (SSSR count). The maximum atomic E-state index is 13.8. The van der Waals surface area contributed by atoms with Crippen molar-refractivity contribution in [2.45, 2.75) is 65.5 Å². The van der Waals surface area contributed by atoms with Crippen LogP contribution < -0.4 is 0 Å². The van der Waals surface area contributed by atoms with Crippen LogP contribution in [0.2, 0.25) is 0 Å². The third-order valence-electron chi connectivity index (χ3n) is 6.87. The third-order valence-corrected chi connectivity index (χ3v) is 7.86. The van der Waals surface area contributed by atoms with Gasteiger partial charge in [-0.2, -0.15) is 0 Å². The molecule has 5 heteroatoms. The third kappa shape index (κ3) is 5.35. The summed E-state index contributed by atoms with van der Waals surface area (Å²) in [5.41, 5.74) is 5.34. The van der Waals surface area contributed by atoms with Crippen LogP contribution in [0.4, 0.5) is 0 Å². The van der Waals surface area contributed by atoms with Gasteiger partial charge >= 0.3 is 0 Å². The molecule has 1 aromatic heterocycles. The summed E-state index contributed by atoms with van der Waals surface area (Å²) in [6.45, 7) is 13.2. The number of rotatable bonds is 5. The highest BCUT2D eigenvalue weighted by molar-refractivity contribution is 7.10. The molecular formula is C30H36N2O2S. The number of hydrogen-bond donors (Lipinski definition) is 0. The van der Waals surface area contributed by atoms with Crippen molar-refractivity contribution >= 4 is 23.2 Å². The van der Waals surface area contributed by atoms with Gasteiger partial charge in [0.05, 0.1) is 6.04 Å². The molecule has 0 fully saturated rings. The maximum Gasteiger partial charge on any atom is 0.254 e. The Balaban J connectivity index is 1.59. The molecular weight excluding hydrogens is 452 g/mol. The standard InChI is InChI=1S/C30H36N2O2S/c1-20(2)32(29(34)23-11-13-24(14-12-23)30(4,5)6)19-27(33)31-17-15-26-25(16-18-35-26)28(31)22-9-7-21(3)8-10-22/h7-14,16,18,20,28H,15,17,19H2,1-6H3. The van der Waals surface area contributed by atoms with Crippen molar-refractivity contribution in [2.24, 2.45) is 0 Å². The van der Waals surface area contributed by atoms with Gasteiger partial charge in [-0.1, -0.05) is 62.7 Å². The molecule has 0 N–H and O–H groups in total. The molecule has 184 valence electrons. The van der Waals surface area contributed by atoms with Gasteiger partial charge in [-0.3, -0.25) is 9.59 Å². The van der Waals surface area contributed by atoms with Crippen LogP contribution in [0.3, 0.4) is 0 Å². The zero-order valence-corrected chi connectivity index (χ0v) is 22.5. The van der Waals surface area contributed by atoms with E-state index in [2.05, 4.69) is 63.4 Å². The quantitative estimate of drug-likeness (QED) is 0.418. The molecule has 4 nitrogen and oxygen atoms in total. The molecule has 1 atom stereocenters. The van der Waals surface area contributed by atoms with E-state index in [9.17, 15) is 9.59 Å². The van der Waals surface area contributed by atoms with Gasteiger partial charge in [-0.25, -0.2) is 0 Å². The minimum atomic E-state index is -0.117. The number of thiophene rings is 1. The summed E-state index contributed by atoms with van der Waals surface area (Å²) < 4.78 is 0. The second-order valence-corrected chi connectivity index (χ2v) is 11.8. The predicted molar refractivity (Wildman–Crippen MR) is 144 cm³/mol. The minimum Gasteiger partial charge on any atom is -0.330 e. The van der Waals surface area contributed by atoms with Crippen LogP contribution in [0, 0.1) is 6.92 Å². The van der Waals surface area contributed by atoms with E-state index < -0.39 is 0 Å². The van der Waals surface area contributed by atoms with Gasteiger partial charge in [0.25, 0.3) is 5.91 Å². The SMILES string of the molecule is Cc1ccc(C2c3ccsc3CCN2C(=O)CN(C(=O)c2ccc(C(C)(C)C)cc2)C(C)C)cc1. The first-order valence-corrected chi connectivity index (χ1v) is 13.3. The first-order chi connectivity index (χ1) is 16.6. The zero-order valence-electron chi connectivity index (χ0n) is 21.7. The Bertz CT molecular complexity index is 1190. The van der Waals surface area contributed by atoms with Gasteiger partial charge in [0, 0.05) is 23.0 Å². The van der Waals surface area contributed by atoms with E-state index in [-0.39, 0.29) is 35.9 Å². The van der Waals surface area contributed by atoms with Gasteiger partial charge in [-0.05, 0) is 72.9 Å². The van der Waals surface area contributed by atoms with E-state index in [1.165, 1.54) is 21.6 Å². The average Bonchev–Trinajstić information content (AvgIpc) is 3.30. The normalized spacial score (nSPS) is 15.7. The first-order valence-electron chi connectivity index (χ1n) is 12.4. The second kappa shape index (κ2) is 9.98. The highest BCUT2D eigenvalue weighted by Crippen LogP contribution is 2.38. The largest absolute Gasteiger partial charge is 0.330 e. The van der Waals surface area contributed by atoms with E-state index in [0.717, 1.165) is 12.0 Å². The molecule has 1 unspecified atom stereocenters. The van der Waals surface area contributed by atoms with Crippen LogP contribution in [0.1, 0.15) is 78.1 Å². The lowest BCUT2D eigenvalue weighted by Gasteiger charge is -2.38. The highest BCUT2D eigenvalue weighted by Gasteiger charge is 2.34. The summed E-state index contributed by atoms with van der Waals surface area (Å²) in [6.07, 6.45) is 0.852. The number of fused-ring (bicyclic) bond motifs is 1. The molecule has 2 heterocycles. The van der Waals surface area contributed by atoms with Crippen LogP contribution in [-0.2, 0) is 16.6 Å².